The summed E-state index contributed by atoms with van der Waals surface area (Å²) < 4.78 is 50.3. The summed E-state index contributed by atoms with van der Waals surface area (Å²) in [5, 5.41) is 2.93. The van der Waals surface area contributed by atoms with Gasteiger partial charge in [-0.3, -0.25) is 13.9 Å². The second-order valence-electron chi connectivity index (χ2n) is 11.5. The topological polar surface area (TPSA) is 96.0 Å². The van der Waals surface area contributed by atoms with Crippen LogP contribution in [0.4, 0.5) is 10.1 Å². The molecule has 10 heteroatoms. The summed E-state index contributed by atoms with van der Waals surface area (Å²) in [5.74, 6) is -1.38. The van der Waals surface area contributed by atoms with Gasteiger partial charge in [0.05, 0.1) is 17.7 Å². The number of benzene rings is 4. The maximum absolute atomic E-state index is 15.1. The number of unbranched alkanes of at least 4 members (excludes halogenated alkanes) is 1. The lowest BCUT2D eigenvalue weighted by molar-refractivity contribution is -0.140. The fraction of sp³-hybridized carbons (Fsp3) is 0.297. The van der Waals surface area contributed by atoms with Crippen LogP contribution in [0.5, 0.6) is 5.75 Å². The molecule has 8 nitrogen and oxygen atoms in total. The fourth-order valence-corrected chi connectivity index (χ4v) is 6.63. The van der Waals surface area contributed by atoms with Gasteiger partial charge in [-0.2, -0.15) is 0 Å². The predicted octanol–water partition coefficient (Wildman–Crippen LogP) is 6.20. The lowest BCUT2D eigenvalue weighted by Crippen LogP contribution is -2.53. The van der Waals surface area contributed by atoms with E-state index in [9.17, 15) is 18.0 Å². The Morgan fingerprint density at radius 3 is 2.21 bits per heavy atom. The molecule has 248 valence electrons. The highest BCUT2D eigenvalue weighted by atomic mass is 32.2. The molecule has 4 rings (SSSR count). The molecule has 0 bridgehead atoms. The van der Waals surface area contributed by atoms with E-state index in [-0.39, 0.29) is 34.9 Å². The van der Waals surface area contributed by atoms with Crippen molar-refractivity contribution >= 4 is 27.5 Å². The van der Waals surface area contributed by atoms with Crippen LogP contribution in [0.15, 0.2) is 102 Å². The van der Waals surface area contributed by atoms with Gasteiger partial charge in [-0.15, -0.1) is 0 Å². The van der Waals surface area contributed by atoms with Gasteiger partial charge in [-0.25, -0.2) is 12.8 Å². The summed E-state index contributed by atoms with van der Waals surface area (Å²) in [5.41, 5.74) is 2.77. The van der Waals surface area contributed by atoms with Gasteiger partial charge in [0.15, 0.2) is 0 Å². The van der Waals surface area contributed by atoms with Crippen LogP contribution in [0.3, 0.4) is 0 Å². The molecule has 0 fully saturated rings. The first kappa shape index (κ1) is 35.2. The highest BCUT2D eigenvalue weighted by Crippen LogP contribution is 2.34. The summed E-state index contributed by atoms with van der Waals surface area (Å²) in [7, 11) is -2.90. The number of halogens is 1. The number of hydrogen-bond donors (Lipinski definition) is 1. The van der Waals surface area contributed by atoms with E-state index in [2.05, 4.69) is 5.32 Å². The molecule has 0 aliphatic rings. The quantitative estimate of drug-likeness (QED) is 0.153. The van der Waals surface area contributed by atoms with Crippen molar-refractivity contribution in [2.75, 3.05) is 24.5 Å². The van der Waals surface area contributed by atoms with Crippen LogP contribution in [0.1, 0.15) is 42.0 Å². The molecule has 1 N–H and O–H groups in total. The molecule has 0 radical (unpaired) electrons. The van der Waals surface area contributed by atoms with Crippen molar-refractivity contribution in [3.63, 3.8) is 0 Å². The minimum absolute atomic E-state index is 0.0155. The first-order valence-electron chi connectivity index (χ1n) is 15.6. The zero-order valence-corrected chi connectivity index (χ0v) is 28.1. The number of ether oxygens (including phenoxy) is 1. The highest BCUT2D eigenvalue weighted by Gasteiger charge is 2.36. The second kappa shape index (κ2) is 16.2. The maximum atomic E-state index is 15.1. The SMILES string of the molecule is CCCCNC(=O)[C@H](Cc1ccccc1)N(Cc1ccccc1F)C(=O)CN(c1cc(C)ccc1OC)S(=O)(=O)c1ccc(C)cc1. The molecule has 0 aromatic heterocycles. The number of methoxy groups -OCH3 is 1. The normalized spacial score (nSPS) is 11.9. The number of anilines is 1. The van der Waals surface area contributed by atoms with Crippen molar-refractivity contribution < 1.29 is 27.1 Å². The Labute approximate surface area is 277 Å². The molecule has 2 amide bonds. The number of carbonyl (C=O) groups excluding carboxylic acids is 2. The van der Waals surface area contributed by atoms with Crippen molar-refractivity contribution in [3.05, 3.63) is 125 Å². The first-order valence-corrected chi connectivity index (χ1v) is 17.1. The summed E-state index contributed by atoms with van der Waals surface area (Å²) >= 11 is 0. The van der Waals surface area contributed by atoms with Gasteiger partial charge in [0.25, 0.3) is 10.0 Å². The third kappa shape index (κ3) is 8.98. The van der Waals surface area contributed by atoms with Gasteiger partial charge in [0, 0.05) is 25.1 Å². The highest BCUT2D eigenvalue weighted by molar-refractivity contribution is 7.92. The number of hydrogen-bond acceptors (Lipinski definition) is 5. The zero-order chi connectivity index (χ0) is 34.0. The molecule has 0 heterocycles. The minimum Gasteiger partial charge on any atom is -0.495 e. The van der Waals surface area contributed by atoms with Crippen LogP contribution in [0.25, 0.3) is 0 Å². The molecule has 0 spiro atoms. The summed E-state index contributed by atoms with van der Waals surface area (Å²) in [6.45, 7) is 5.13. The number of nitrogens with one attached hydrogen (secondary N) is 1. The van der Waals surface area contributed by atoms with E-state index in [1.54, 1.807) is 48.5 Å². The molecule has 47 heavy (non-hydrogen) atoms. The van der Waals surface area contributed by atoms with Crippen molar-refractivity contribution in [1.82, 2.24) is 10.2 Å². The number of carbonyl (C=O) groups is 2. The van der Waals surface area contributed by atoms with Gasteiger partial charge >= 0.3 is 0 Å². The molecule has 0 saturated carbocycles. The van der Waals surface area contributed by atoms with E-state index in [4.69, 9.17) is 4.74 Å². The Hall–Kier alpha value is -4.70. The van der Waals surface area contributed by atoms with E-state index >= 15 is 4.39 Å². The standard InChI is InChI=1S/C37H42FN3O5S/c1-5-6-22-39-37(43)34(24-29-12-8-7-9-13-29)40(25-30-14-10-11-15-32(30)38)36(42)26-41(33-23-28(3)18-21-35(33)46-4)47(44,45)31-19-16-27(2)17-20-31/h7-21,23,34H,5-6,22,24-26H2,1-4H3,(H,39,43)/t34-/m0/s1. The average Bonchev–Trinajstić information content (AvgIpc) is 3.06. The number of rotatable bonds is 15. The van der Waals surface area contributed by atoms with E-state index in [0.717, 1.165) is 33.8 Å². The molecular weight excluding hydrogens is 617 g/mol. The van der Waals surface area contributed by atoms with Gasteiger partial charge in [-0.1, -0.05) is 85.6 Å². The lowest BCUT2D eigenvalue weighted by Gasteiger charge is -2.34. The van der Waals surface area contributed by atoms with Gasteiger partial charge in [0.1, 0.15) is 24.2 Å². The Morgan fingerprint density at radius 1 is 0.894 bits per heavy atom. The van der Waals surface area contributed by atoms with E-state index in [1.165, 1.54) is 30.2 Å². The van der Waals surface area contributed by atoms with Crippen molar-refractivity contribution in [2.45, 2.75) is 57.5 Å². The Morgan fingerprint density at radius 2 is 1.55 bits per heavy atom. The fourth-order valence-electron chi connectivity index (χ4n) is 5.22. The Bertz CT molecular complexity index is 1760. The van der Waals surface area contributed by atoms with E-state index in [1.807, 2.05) is 51.1 Å². The molecular formula is C37H42FN3O5S. The summed E-state index contributed by atoms with van der Waals surface area (Å²) in [6, 6.07) is 25.6. The number of sulfonamides is 1. The van der Waals surface area contributed by atoms with E-state index in [0.29, 0.717) is 6.54 Å². The lowest BCUT2D eigenvalue weighted by atomic mass is 10.0. The molecule has 0 unspecified atom stereocenters. The Balaban J connectivity index is 1.85. The molecule has 0 aliphatic heterocycles. The zero-order valence-electron chi connectivity index (χ0n) is 27.3. The van der Waals surface area contributed by atoms with Crippen molar-refractivity contribution in [2.24, 2.45) is 0 Å². The molecule has 4 aromatic rings. The van der Waals surface area contributed by atoms with E-state index < -0.39 is 40.2 Å². The van der Waals surface area contributed by atoms with Crippen molar-refractivity contribution in [1.29, 1.82) is 0 Å². The third-order valence-electron chi connectivity index (χ3n) is 7.89. The second-order valence-corrected chi connectivity index (χ2v) is 13.3. The van der Waals surface area contributed by atoms with Crippen LogP contribution in [-0.2, 0) is 32.6 Å². The number of nitrogens with zero attached hydrogens (tertiary/aromatic N) is 2. The van der Waals surface area contributed by atoms with Gasteiger partial charge in [-0.05, 0) is 61.7 Å². The largest absolute Gasteiger partial charge is 0.495 e. The van der Waals surface area contributed by atoms with Crippen LogP contribution < -0.4 is 14.4 Å². The third-order valence-corrected chi connectivity index (χ3v) is 9.66. The first-order chi connectivity index (χ1) is 22.5. The monoisotopic (exact) mass is 659 g/mol. The maximum Gasteiger partial charge on any atom is 0.264 e. The minimum atomic E-state index is -4.32. The van der Waals surface area contributed by atoms with Gasteiger partial charge in [0.2, 0.25) is 11.8 Å². The Kier molecular flexibility index (Phi) is 12.1. The number of amides is 2. The van der Waals surface area contributed by atoms with Crippen LogP contribution >= 0.6 is 0 Å². The summed E-state index contributed by atoms with van der Waals surface area (Å²) in [4.78, 5) is 29.7. The van der Waals surface area contributed by atoms with Crippen LogP contribution in [0, 0.1) is 19.7 Å². The molecule has 4 aromatic carbocycles. The summed E-state index contributed by atoms with van der Waals surface area (Å²) in [6.07, 6.45) is 1.73. The van der Waals surface area contributed by atoms with Crippen molar-refractivity contribution in [3.8, 4) is 5.75 Å². The van der Waals surface area contributed by atoms with Crippen LogP contribution in [-0.4, -0.2) is 51.4 Å². The smallest absolute Gasteiger partial charge is 0.264 e. The number of aryl methyl sites for hydroxylation is 2. The average molecular weight is 660 g/mol. The predicted molar refractivity (Wildman–Crippen MR) is 182 cm³/mol. The van der Waals surface area contributed by atoms with Crippen LogP contribution in [0.2, 0.25) is 0 Å². The molecule has 1 atom stereocenters. The molecule has 0 saturated heterocycles. The molecule has 0 aliphatic carbocycles. The van der Waals surface area contributed by atoms with Gasteiger partial charge < -0.3 is 15.0 Å².